The quantitative estimate of drug-likeness (QED) is 0.749. The number of amides is 1. The van der Waals surface area contributed by atoms with Crippen molar-refractivity contribution in [2.75, 3.05) is 26.7 Å². The van der Waals surface area contributed by atoms with Crippen molar-refractivity contribution in [2.24, 2.45) is 11.1 Å². The van der Waals surface area contributed by atoms with Crippen LogP contribution >= 0.6 is 0 Å². The van der Waals surface area contributed by atoms with Crippen molar-refractivity contribution in [1.82, 2.24) is 4.90 Å². The SMILES string of the molecule is COC(C)C(=O)N1CCC(C)(CN)CC1. The monoisotopic (exact) mass is 214 g/mol. The summed E-state index contributed by atoms with van der Waals surface area (Å²) in [5.74, 6) is 0.0940. The fraction of sp³-hybridized carbons (Fsp3) is 0.909. The molecule has 1 fully saturated rings. The zero-order valence-corrected chi connectivity index (χ0v) is 9.95. The number of rotatable bonds is 3. The van der Waals surface area contributed by atoms with Gasteiger partial charge in [0.2, 0.25) is 0 Å². The molecule has 1 aliphatic heterocycles. The Morgan fingerprint density at radius 3 is 2.47 bits per heavy atom. The molecule has 15 heavy (non-hydrogen) atoms. The molecular weight excluding hydrogens is 192 g/mol. The van der Waals surface area contributed by atoms with Gasteiger partial charge in [-0.3, -0.25) is 4.79 Å². The van der Waals surface area contributed by atoms with Gasteiger partial charge >= 0.3 is 0 Å². The number of ether oxygens (including phenoxy) is 1. The Kier molecular flexibility index (Phi) is 4.11. The Balaban J connectivity index is 2.47. The van der Waals surface area contributed by atoms with E-state index in [1.54, 1.807) is 14.0 Å². The molecule has 1 unspecified atom stereocenters. The lowest BCUT2D eigenvalue weighted by molar-refractivity contribution is -0.143. The van der Waals surface area contributed by atoms with Gasteiger partial charge in [-0.25, -0.2) is 0 Å². The normalized spacial score (nSPS) is 22.5. The molecule has 1 heterocycles. The summed E-state index contributed by atoms with van der Waals surface area (Å²) in [6, 6.07) is 0. The van der Waals surface area contributed by atoms with Crippen LogP contribution in [0.15, 0.2) is 0 Å². The molecule has 88 valence electrons. The van der Waals surface area contributed by atoms with E-state index in [0.717, 1.165) is 25.9 Å². The Bertz CT molecular complexity index is 223. The highest BCUT2D eigenvalue weighted by Gasteiger charge is 2.31. The van der Waals surface area contributed by atoms with Crippen LogP contribution in [-0.4, -0.2) is 43.7 Å². The second kappa shape index (κ2) is 4.94. The summed E-state index contributed by atoms with van der Waals surface area (Å²) in [5.41, 5.74) is 5.93. The number of carbonyl (C=O) groups excluding carboxylic acids is 1. The van der Waals surface area contributed by atoms with Crippen LogP contribution in [0.5, 0.6) is 0 Å². The van der Waals surface area contributed by atoms with Crippen LogP contribution in [0.3, 0.4) is 0 Å². The second-order valence-electron chi connectivity index (χ2n) is 4.72. The van der Waals surface area contributed by atoms with E-state index in [1.807, 2.05) is 4.90 Å². The minimum atomic E-state index is -0.327. The minimum Gasteiger partial charge on any atom is -0.372 e. The van der Waals surface area contributed by atoms with Crippen molar-refractivity contribution in [1.29, 1.82) is 0 Å². The molecule has 0 aromatic rings. The van der Waals surface area contributed by atoms with Crippen LogP contribution in [0.1, 0.15) is 26.7 Å². The summed E-state index contributed by atoms with van der Waals surface area (Å²) in [7, 11) is 1.57. The van der Waals surface area contributed by atoms with Crippen molar-refractivity contribution in [3.05, 3.63) is 0 Å². The van der Waals surface area contributed by atoms with E-state index in [-0.39, 0.29) is 17.4 Å². The van der Waals surface area contributed by atoms with E-state index < -0.39 is 0 Å². The molecule has 0 aromatic heterocycles. The summed E-state index contributed by atoms with van der Waals surface area (Å²) in [4.78, 5) is 13.7. The number of piperidine rings is 1. The van der Waals surface area contributed by atoms with Gasteiger partial charge < -0.3 is 15.4 Å². The number of nitrogens with two attached hydrogens (primary N) is 1. The topological polar surface area (TPSA) is 55.6 Å². The van der Waals surface area contributed by atoms with Crippen molar-refractivity contribution in [2.45, 2.75) is 32.8 Å². The molecule has 0 spiro atoms. The molecule has 1 saturated heterocycles. The van der Waals surface area contributed by atoms with Gasteiger partial charge in [0.25, 0.3) is 5.91 Å². The molecule has 0 aromatic carbocycles. The molecular formula is C11H22N2O2. The Morgan fingerprint density at radius 2 is 2.07 bits per heavy atom. The van der Waals surface area contributed by atoms with Gasteiger partial charge in [0.1, 0.15) is 6.10 Å². The fourth-order valence-corrected chi connectivity index (χ4v) is 1.83. The number of hydrogen-bond donors (Lipinski definition) is 1. The first-order valence-corrected chi connectivity index (χ1v) is 5.54. The highest BCUT2D eigenvalue weighted by molar-refractivity contribution is 5.80. The molecule has 0 bridgehead atoms. The van der Waals surface area contributed by atoms with E-state index in [9.17, 15) is 4.79 Å². The van der Waals surface area contributed by atoms with Crippen LogP contribution in [-0.2, 0) is 9.53 Å². The maximum atomic E-state index is 11.8. The maximum absolute atomic E-state index is 11.8. The van der Waals surface area contributed by atoms with Gasteiger partial charge in [-0.2, -0.15) is 0 Å². The summed E-state index contributed by atoms with van der Waals surface area (Å²) >= 11 is 0. The van der Waals surface area contributed by atoms with Crippen molar-refractivity contribution < 1.29 is 9.53 Å². The van der Waals surface area contributed by atoms with Gasteiger partial charge in [0.15, 0.2) is 0 Å². The van der Waals surface area contributed by atoms with Crippen molar-refractivity contribution in [3.63, 3.8) is 0 Å². The molecule has 4 nitrogen and oxygen atoms in total. The molecule has 1 amide bonds. The van der Waals surface area contributed by atoms with Crippen LogP contribution in [0.4, 0.5) is 0 Å². The predicted octanol–water partition coefficient (Wildman–Crippen LogP) is 0.609. The third kappa shape index (κ3) is 2.92. The smallest absolute Gasteiger partial charge is 0.251 e. The first-order valence-electron chi connectivity index (χ1n) is 5.54. The largest absolute Gasteiger partial charge is 0.372 e. The summed E-state index contributed by atoms with van der Waals surface area (Å²) in [6.45, 7) is 6.29. The second-order valence-corrected chi connectivity index (χ2v) is 4.72. The van der Waals surface area contributed by atoms with Crippen LogP contribution < -0.4 is 5.73 Å². The van der Waals surface area contributed by atoms with Crippen LogP contribution in [0, 0.1) is 5.41 Å². The lowest BCUT2D eigenvalue weighted by Gasteiger charge is -2.39. The van der Waals surface area contributed by atoms with Crippen LogP contribution in [0.25, 0.3) is 0 Å². The molecule has 1 rings (SSSR count). The van der Waals surface area contributed by atoms with Crippen molar-refractivity contribution in [3.8, 4) is 0 Å². The van der Waals surface area contributed by atoms with Gasteiger partial charge in [0, 0.05) is 20.2 Å². The molecule has 4 heteroatoms. The minimum absolute atomic E-state index is 0.0940. The molecule has 0 aliphatic carbocycles. The predicted molar refractivity (Wildman–Crippen MR) is 59.4 cm³/mol. The number of methoxy groups -OCH3 is 1. The van der Waals surface area contributed by atoms with Crippen LogP contribution in [0.2, 0.25) is 0 Å². The molecule has 0 radical (unpaired) electrons. The summed E-state index contributed by atoms with van der Waals surface area (Å²) in [5, 5.41) is 0. The number of nitrogens with zero attached hydrogens (tertiary/aromatic N) is 1. The van der Waals surface area contributed by atoms with Gasteiger partial charge in [-0.1, -0.05) is 6.92 Å². The fourth-order valence-electron chi connectivity index (χ4n) is 1.83. The van der Waals surface area contributed by atoms with Gasteiger partial charge in [-0.15, -0.1) is 0 Å². The Labute approximate surface area is 91.8 Å². The van der Waals surface area contributed by atoms with E-state index in [0.29, 0.717) is 6.54 Å². The summed E-state index contributed by atoms with van der Waals surface area (Å²) < 4.78 is 5.03. The van der Waals surface area contributed by atoms with E-state index in [1.165, 1.54) is 0 Å². The zero-order valence-electron chi connectivity index (χ0n) is 9.95. The number of hydrogen-bond acceptors (Lipinski definition) is 3. The molecule has 0 saturated carbocycles. The third-order valence-electron chi connectivity index (χ3n) is 3.48. The first kappa shape index (κ1) is 12.5. The standard InChI is InChI=1S/C11H22N2O2/c1-9(15-3)10(14)13-6-4-11(2,8-12)5-7-13/h9H,4-8,12H2,1-3H3. The third-order valence-corrected chi connectivity index (χ3v) is 3.48. The Hall–Kier alpha value is -0.610. The molecule has 1 atom stereocenters. The summed E-state index contributed by atoms with van der Waals surface area (Å²) in [6.07, 6.45) is 1.66. The van der Waals surface area contributed by atoms with E-state index in [2.05, 4.69) is 6.92 Å². The van der Waals surface area contributed by atoms with Gasteiger partial charge in [0.05, 0.1) is 0 Å². The average molecular weight is 214 g/mol. The molecule has 1 aliphatic rings. The average Bonchev–Trinajstić information content (AvgIpc) is 2.28. The maximum Gasteiger partial charge on any atom is 0.251 e. The van der Waals surface area contributed by atoms with Crippen molar-refractivity contribution >= 4 is 5.91 Å². The number of likely N-dealkylation sites (tertiary alicyclic amines) is 1. The lowest BCUT2D eigenvalue weighted by Crippen LogP contribution is -2.47. The number of carbonyl (C=O) groups is 1. The van der Waals surface area contributed by atoms with Gasteiger partial charge in [-0.05, 0) is 31.7 Å². The zero-order chi connectivity index (χ0) is 11.5. The Morgan fingerprint density at radius 1 is 1.53 bits per heavy atom. The first-order chi connectivity index (χ1) is 7.02. The van der Waals surface area contributed by atoms with E-state index in [4.69, 9.17) is 10.5 Å². The molecule has 2 N–H and O–H groups in total. The van der Waals surface area contributed by atoms with E-state index >= 15 is 0 Å². The lowest BCUT2D eigenvalue weighted by atomic mass is 9.80. The highest BCUT2D eigenvalue weighted by atomic mass is 16.5. The highest BCUT2D eigenvalue weighted by Crippen LogP contribution is 2.29.